The maximum Gasteiger partial charge on any atom is 0.00160 e. The Morgan fingerprint density at radius 1 is 0.652 bits per heavy atom. The van der Waals surface area contributed by atoms with Gasteiger partial charge >= 0.3 is 0 Å². The molecule has 4 aliphatic carbocycles. The second-order valence-electron chi connectivity index (χ2n) is 8.40. The lowest BCUT2D eigenvalue weighted by Gasteiger charge is -2.22. The van der Waals surface area contributed by atoms with Crippen LogP contribution in [-0.4, -0.2) is 0 Å². The summed E-state index contributed by atoms with van der Waals surface area (Å²) in [5.74, 6) is 1.60. The first-order valence-electron chi connectivity index (χ1n) is 9.89. The number of allylic oxidation sites excluding steroid dienone is 8. The van der Waals surface area contributed by atoms with E-state index in [1.54, 1.807) is 44.6 Å². The van der Waals surface area contributed by atoms with Crippen LogP contribution in [0.3, 0.4) is 0 Å². The minimum atomic E-state index is 0.802. The molecule has 0 aromatic heterocycles. The summed E-state index contributed by atoms with van der Waals surface area (Å²) in [6.45, 7) is 9.70. The Hall–Kier alpha value is -1.04. The van der Waals surface area contributed by atoms with E-state index in [0.717, 1.165) is 11.8 Å². The first-order valence-corrected chi connectivity index (χ1v) is 9.89. The van der Waals surface area contributed by atoms with Gasteiger partial charge in [0.1, 0.15) is 0 Å². The van der Waals surface area contributed by atoms with Gasteiger partial charge in [-0.15, -0.1) is 0 Å². The fourth-order valence-corrected chi connectivity index (χ4v) is 6.00. The Morgan fingerprint density at radius 2 is 1.09 bits per heavy atom. The van der Waals surface area contributed by atoms with Gasteiger partial charge in [0.25, 0.3) is 0 Å². The summed E-state index contributed by atoms with van der Waals surface area (Å²) in [4.78, 5) is 0. The van der Waals surface area contributed by atoms with Gasteiger partial charge in [-0.2, -0.15) is 0 Å². The van der Waals surface area contributed by atoms with Crippen LogP contribution in [0.15, 0.2) is 44.6 Å². The summed E-state index contributed by atoms with van der Waals surface area (Å²) in [7, 11) is 0. The number of hydrogen-bond acceptors (Lipinski definition) is 0. The van der Waals surface area contributed by atoms with Crippen molar-refractivity contribution in [3.05, 3.63) is 44.6 Å². The van der Waals surface area contributed by atoms with E-state index in [9.17, 15) is 0 Å². The van der Waals surface area contributed by atoms with Crippen LogP contribution in [0.25, 0.3) is 0 Å². The molecule has 124 valence electrons. The normalized spacial score (nSPS) is 31.3. The molecular formula is C23H32. The third-order valence-electron chi connectivity index (χ3n) is 7.44. The predicted molar refractivity (Wildman–Crippen MR) is 99.3 cm³/mol. The molecule has 0 spiro atoms. The van der Waals surface area contributed by atoms with Gasteiger partial charge in [-0.25, -0.2) is 0 Å². The van der Waals surface area contributed by atoms with Crippen molar-refractivity contribution in [2.45, 2.75) is 85.5 Å². The molecule has 0 radical (unpaired) electrons. The third kappa shape index (κ3) is 2.32. The molecule has 0 heteroatoms. The molecule has 0 nitrogen and oxygen atoms in total. The van der Waals surface area contributed by atoms with Crippen LogP contribution in [-0.2, 0) is 0 Å². The van der Waals surface area contributed by atoms with E-state index in [1.165, 1.54) is 57.8 Å². The molecule has 0 aromatic carbocycles. The Morgan fingerprint density at radius 3 is 1.48 bits per heavy atom. The monoisotopic (exact) mass is 308 g/mol. The zero-order chi connectivity index (χ0) is 16.1. The lowest BCUT2D eigenvalue weighted by atomic mass is 9.82. The van der Waals surface area contributed by atoms with Crippen molar-refractivity contribution in [2.75, 3.05) is 0 Å². The number of hydrogen-bond donors (Lipinski definition) is 0. The average molecular weight is 309 g/mol. The van der Waals surface area contributed by atoms with Gasteiger partial charge in [-0.3, -0.25) is 0 Å². The van der Waals surface area contributed by atoms with Crippen molar-refractivity contribution in [2.24, 2.45) is 11.8 Å². The van der Waals surface area contributed by atoms with Crippen LogP contribution in [0.4, 0.5) is 0 Å². The van der Waals surface area contributed by atoms with Crippen LogP contribution >= 0.6 is 0 Å². The van der Waals surface area contributed by atoms with Crippen molar-refractivity contribution in [3.63, 3.8) is 0 Å². The molecule has 0 saturated heterocycles. The molecule has 0 aliphatic heterocycles. The minimum absolute atomic E-state index is 0.802. The molecule has 2 unspecified atom stereocenters. The quantitative estimate of drug-likeness (QED) is 0.512. The molecule has 0 aromatic rings. The molecule has 0 heterocycles. The van der Waals surface area contributed by atoms with E-state index in [1.807, 2.05) is 0 Å². The molecule has 23 heavy (non-hydrogen) atoms. The summed E-state index contributed by atoms with van der Waals surface area (Å²) >= 11 is 0. The SMILES string of the molecule is CC1=C2CCCCC2C(C)=C1CC1=C(C)C2CCCCC2=C1C. The fourth-order valence-electron chi connectivity index (χ4n) is 6.00. The molecule has 4 rings (SSSR count). The van der Waals surface area contributed by atoms with Crippen molar-refractivity contribution >= 4 is 0 Å². The van der Waals surface area contributed by atoms with Crippen molar-refractivity contribution in [3.8, 4) is 0 Å². The second kappa shape index (κ2) is 5.80. The lowest BCUT2D eigenvalue weighted by molar-refractivity contribution is 0.506. The van der Waals surface area contributed by atoms with E-state index in [-0.39, 0.29) is 0 Å². The number of rotatable bonds is 2. The first kappa shape index (κ1) is 15.5. The largest absolute Gasteiger partial charge is 0.0623 e. The smallest absolute Gasteiger partial charge is 0.00160 e. The Labute approximate surface area is 142 Å². The topological polar surface area (TPSA) is 0 Å². The van der Waals surface area contributed by atoms with Crippen LogP contribution < -0.4 is 0 Å². The van der Waals surface area contributed by atoms with Crippen LogP contribution in [0.2, 0.25) is 0 Å². The van der Waals surface area contributed by atoms with Gasteiger partial charge in [0, 0.05) is 11.8 Å². The van der Waals surface area contributed by atoms with Crippen molar-refractivity contribution in [1.82, 2.24) is 0 Å². The number of fused-ring (bicyclic) bond motifs is 2. The molecule has 2 fully saturated rings. The molecule has 2 saturated carbocycles. The maximum atomic E-state index is 2.43. The van der Waals surface area contributed by atoms with E-state index in [0.29, 0.717) is 0 Å². The summed E-state index contributed by atoms with van der Waals surface area (Å²) in [5, 5.41) is 0. The van der Waals surface area contributed by atoms with Gasteiger partial charge in [0.15, 0.2) is 0 Å². The molecular weight excluding hydrogens is 276 g/mol. The molecule has 0 bridgehead atoms. The van der Waals surface area contributed by atoms with Crippen LogP contribution in [0.1, 0.15) is 85.5 Å². The van der Waals surface area contributed by atoms with Gasteiger partial charge in [0.2, 0.25) is 0 Å². The standard InChI is InChI=1S/C23H32/c1-14-18-9-5-6-10-19(18)15(2)22(14)13-23-16(3)20-11-7-8-12-21(20)17(23)4/h18,20H,5-13H2,1-4H3. The highest BCUT2D eigenvalue weighted by atomic mass is 14.4. The zero-order valence-corrected chi connectivity index (χ0v) is 15.5. The van der Waals surface area contributed by atoms with Crippen LogP contribution in [0.5, 0.6) is 0 Å². The predicted octanol–water partition coefficient (Wildman–Crippen LogP) is 7.05. The molecule has 0 amide bonds. The maximum absolute atomic E-state index is 2.43. The minimum Gasteiger partial charge on any atom is -0.0623 e. The van der Waals surface area contributed by atoms with E-state index in [2.05, 4.69) is 27.7 Å². The van der Waals surface area contributed by atoms with Crippen molar-refractivity contribution < 1.29 is 0 Å². The van der Waals surface area contributed by atoms with Gasteiger partial charge in [-0.1, -0.05) is 35.1 Å². The van der Waals surface area contributed by atoms with Gasteiger partial charge in [-0.05, 0) is 94.9 Å². The lowest BCUT2D eigenvalue weighted by Crippen LogP contribution is -2.08. The van der Waals surface area contributed by atoms with E-state index in [4.69, 9.17) is 0 Å². The summed E-state index contributed by atoms with van der Waals surface area (Å²) in [5.41, 5.74) is 13.8. The van der Waals surface area contributed by atoms with E-state index < -0.39 is 0 Å². The van der Waals surface area contributed by atoms with Crippen LogP contribution in [0, 0.1) is 11.8 Å². The summed E-state index contributed by atoms with van der Waals surface area (Å²) in [6, 6.07) is 0. The highest BCUT2D eigenvalue weighted by Crippen LogP contribution is 2.51. The second-order valence-corrected chi connectivity index (χ2v) is 8.40. The first-order chi connectivity index (χ1) is 11.1. The molecule has 0 N–H and O–H groups in total. The average Bonchev–Trinajstić information content (AvgIpc) is 2.97. The van der Waals surface area contributed by atoms with Gasteiger partial charge < -0.3 is 0 Å². The highest BCUT2D eigenvalue weighted by Gasteiger charge is 2.34. The zero-order valence-electron chi connectivity index (χ0n) is 15.5. The highest BCUT2D eigenvalue weighted by molar-refractivity contribution is 5.56. The van der Waals surface area contributed by atoms with Gasteiger partial charge in [0.05, 0.1) is 0 Å². The van der Waals surface area contributed by atoms with E-state index >= 15 is 0 Å². The Kier molecular flexibility index (Phi) is 3.90. The molecule has 4 aliphatic rings. The summed E-state index contributed by atoms with van der Waals surface area (Å²) < 4.78 is 0. The fraction of sp³-hybridized carbons (Fsp3) is 0.652. The molecule has 2 atom stereocenters. The van der Waals surface area contributed by atoms with Crippen molar-refractivity contribution in [1.29, 1.82) is 0 Å². The Bertz CT molecular complexity index is 604. The third-order valence-corrected chi connectivity index (χ3v) is 7.44. The summed E-state index contributed by atoms with van der Waals surface area (Å²) in [6.07, 6.45) is 12.4. The Balaban J connectivity index is 1.68.